The van der Waals surface area contributed by atoms with Gasteiger partial charge in [-0.05, 0) is 322 Å². The molecule has 15 atom stereocenters. The minimum atomic E-state index is -0.405. The van der Waals surface area contributed by atoms with Crippen LogP contribution in [-0.4, -0.2) is 90.6 Å². The monoisotopic (exact) mass is 1260 g/mol. The summed E-state index contributed by atoms with van der Waals surface area (Å²) in [5.74, 6) is 5.53. The molecule has 0 bridgehead atoms. The zero-order valence-electron chi connectivity index (χ0n) is 59.8. The van der Waals surface area contributed by atoms with Gasteiger partial charge in [0.1, 0.15) is 28.0 Å². The first kappa shape index (κ1) is 74.9. The van der Waals surface area contributed by atoms with E-state index in [1.54, 1.807) is 0 Å². The van der Waals surface area contributed by atoms with Crippen molar-refractivity contribution in [3.8, 4) is 0 Å². The van der Waals surface area contributed by atoms with Crippen molar-refractivity contribution in [2.75, 3.05) is 32.7 Å². The SMILES string of the molecule is CC1=C[C@@H]2[C@H](C1)C[C@@]2(CN)CC(=O)OC(C)(C)C.CC1=C[C@@H]2[C@H](C1)C[C@]2(CN)CC(=O)OC(C)(C)C.CC1=C[C@@H]2[C@H](C1)C[C@]2(CN)CC(=O)OC(C)(C)C.CC1=C[C@H]2[C@@H](C1)C[C@@]2(CN)CC(=O)OC(C)(C)C.CC1=C[C@H]2[C@@H](C1)C[C@]2(CN)CC(=O)OC(C)(C)C. The fourth-order valence-corrected chi connectivity index (χ4v) is 17.9. The maximum absolute atomic E-state index is 12.0. The average Bonchev–Trinajstić information content (AvgIpc) is 1.70. The highest BCUT2D eigenvalue weighted by molar-refractivity contribution is 5.73. The van der Waals surface area contributed by atoms with E-state index in [1.807, 2.05) is 104 Å². The molecule has 0 aromatic heterocycles. The van der Waals surface area contributed by atoms with E-state index in [0.29, 0.717) is 94.4 Å². The van der Waals surface area contributed by atoms with Crippen molar-refractivity contribution < 1.29 is 47.7 Å². The fourth-order valence-electron chi connectivity index (χ4n) is 17.9. The van der Waals surface area contributed by atoms with E-state index in [1.165, 1.54) is 60.0 Å². The van der Waals surface area contributed by atoms with Crippen molar-refractivity contribution in [3.05, 3.63) is 58.2 Å². The lowest BCUT2D eigenvalue weighted by Crippen LogP contribution is -2.51. The number of fused-ring (bicyclic) bond motifs is 5. The Hall–Kier alpha value is -4.15. The van der Waals surface area contributed by atoms with Crippen LogP contribution in [0, 0.1) is 86.3 Å². The molecule has 10 N–H and O–H groups in total. The molecule has 0 aromatic rings. The fraction of sp³-hybridized carbons (Fsp3) is 0.800. The third-order valence-corrected chi connectivity index (χ3v) is 21.3. The van der Waals surface area contributed by atoms with Gasteiger partial charge < -0.3 is 52.4 Å². The second kappa shape index (κ2) is 28.0. The van der Waals surface area contributed by atoms with Gasteiger partial charge in [0.05, 0.1) is 32.1 Å². The molecular formula is C75H125N5O10. The quantitative estimate of drug-likeness (QED) is 0.0580. The summed E-state index contributed by atoms with van der Waals surface area (Å²) in [6.07, 6.45) is 25.2. The predicted octanol–water partition coefficient (Wildman–Crippen LogP) is 13.2. The van der Waals surface area contributed by atoms with Crippen LogP contribution in [0.4, 0.5) is 0 Å². The Bertz CT molecular complexity index is 2330. The molecule has 0 unspecified atom stereocenters. The Morgan fingerprint density at radius 1 is 0.311 bits per heavy atom. The summed E-state index contributed by atoms with van der Waals surface area (Å²) in [5.41, 5.74) is 34.8. The minimum Gasteiger partial charge on any atom is -0.460 e. The maximum Gasteiger partial charge on any atom is 0.306 e. The van der Waals surface area contributed by atoms with E-state index in [9.17, 15) is 24.0 Å². The first-order chi connectivity index (χ1) is 41.3. The number of rotatable bonds is 15. The summed E-state index contributed by atoms with van der Waals surface area (Å²) in [6, 6.07) is 0. The lowest BCUT2D eigenvalue weighted by molar-refractivity contribution is -0.163. The molecule has 510 valence electrons. The Morgan fingerprint density at radius 3 is 0.544 bits per heavy atom. The van der Waals surface area contributed by atoms with Gasteiger partial charge >= 0.3 is 29.8 Å². The van der Waals surface area contributed by atoms with E-state index in [2.05, 4.69) is 65.0 Å². The summed E-state index contributed by atoms with van der Waals surface area (Å²) in [5, 5.41) is 0. The topological polar surface area (TPSA) is 262 Å². The number of allylic oxidation sites excluding steroid dienone is 10. The van der Waals surface area contributed by atoms with Crippen molar-refractivity contribution >= 4 is 29.8 Å². The second-order valence-electron chi connectivity index (χ2n) is 35.2. The van der Waals surface area contributed by atoms with Gasteiger partial charge in [-0.2, -0.15) is 0 Å². The number of hydrogen-bond acceptors (Lipinski definition) is 15. The molecule has 10 aliphatic rings. The molecule has 0 spiro atoms. The van der Waals surface area contributed by atoms with Gasteiger partial charge in [0.15, 0.2) is 0 Å². The lowest BCUT2D eigenvalue weighted by Gasteiger charge is -2.51. The van der Waals surface area contributed by atoms with Gasteiger partial charge in [-0.3, -0.25) is 24.0 Å². The third kappa shape index (κ3) is 18.6. The highest BCUT2D eigenvalue weighted by atomic mass is 16.6. The average molecular weight is 1260 g/mol. The second-order valence-corrected chi connectivity index (χ2v) is 35.2. The molecule has 5 fully saturated rings. The van der Waals surface area contributed by atoms with Gasteiger partial charge in [0.25, 0.3) is 0 Å². The smallest absolute Gasteiger partial charge is 0.306 e. The van der Waals surface area contributed by atoms with E-state index in [0.717, 1.165) is 61.7 Å². The minimum absolute atomic E-state index is 0.0369. The summed E-state index contributed by atoms with van der Waals surface area (Å²) in [6.45, 7) is 42.4. The summed E-state index contributed by atoms with van der Waals surface area (Å²) < 4.78 is 27.2. The number of esters is 5. The standard InChI is InChI=1S/5C15H25NO2/c5*1-10-5-11-7-15(9-16,12(11)6-10)8-13(17)18-14(2,3)4/h5*6,11-12H,5,7-9,16H2,1-4H3/t2*11-,12-,15+;3*11-,12-,15-/m10110/s1. The van der Waals surface area contributed by atoms with Gasteiger partial charge in [-0.1, -0.05) is 58.2 Å². The summed E-state index contributed by atoms with van der Waals surface area (Å²) in [7, 11) is 0. The highest BCUT2D eigenvalue weighted by Gasteiger charge is 2.59. The van der Waals surface area contributed by atoms with E-state index >= 15 is 0 Å². The summed E-state index contributed by atoms with van der Waals surface area (Å²) in [4.78, 5) is 60.0. The van der Waals surface area contributed by atoms with Crippen molar-refractivity contribution in [1.82, 2.24) is 0 Å². The van der Waals surface area contributed by atoms with Crippen LogP contribution in [0.25, 0.3) is 0 Å². The maximum atomic E-state index is 12.0. The number of ether oxygens (including phenoxy) is 5. The van der Waals surface area contributed by atoms with E-state index in [4.69, 9.17) is 52.4 Å². The van der Waals surface area contributed by atoms with Gasteiger partial charge in [0, 0.05) is 0 Å². The highest BCUT2D eigenvalue weighted by Crippen LogP contribution is 2.63. The zero-order valence-corrected chi connectivity index (χ0v) is 59.8. The van der Waals surface area contributed by atoms with Crippen molar-refractivity contribution in [2.24, 2.45) is 115 Å². The number of carbonyl (C=O) groups is 5. The van der Waals surface area contributed by atoms with Gasteiger partial charge in [0.2, 0.25) is 0 Å². The van der Waals surface area contributed by atoms with Crippen LogP contribution >= 0.6 is 0 Å². The van der Waals surface area contributed by atoms with Crippen LogP contribution in [-0.2, 0) is 47.7 Å². The molecular weight excluding hydrogens is 1130 g/mol. The normalized spacial score (nSPS) is 34.6. The van der Waals surface area contributed by atoms with Crippen LogP contribution in [0.2, 0.25) is 0 Å². The van der Waals surface area contributed by atoms with Gasteiger partial charge in [-0.25, -0.2) is 0 Å². The molecule has 0 aliphatic heterocycles. The first-order valence-electron chi connectivity index (χ1n) is 34.2. The number of nitrogens with two attached hydrogens (primary N) is 5. The molecule has 5 saturated carbocycles. The zero-order chi connectivity index (χ0) is 67.8. The molecule has 10 aliphatic carbocycles. The molecule has 0 heterocycles. The van der Waals surface area contributed by atoms with Gasteiger partial charge in [-0.15, -0.1) is 0 Å². The van der Waals surface area contributed by atoms with Crippen LogP contribution in [0.3, 0.4) is 0 Å². The van der Waals surface area contributed by atoms with Crippen LogP contribution in [0.15, 0.2) is 58.2 Å². The Kier molecular flexibility index (Phi) is 23.3. The Morgan fingerprint density at radius 2 is 0.444 bits per heavy atom. The number of carbonyl (C=O) groups excluding carboxylic acids is 5. The van der Waals surface area contributed by atoms with Crippen LogP contribution < -0.4 is 28.7 Å². The van der Waals surface area contributed by atoms with Crippen LogP contribution in [0.1, 0.15) is 235 Å². The molecule has 0 aromatic carbocycles. The largest absolute Gasteiger partial charge is 0.460 e. The molecule has 0 amide bonds. The van der Waals surface area contributed by atoms with Crippen molar-refractivity contribution in [1.29, 1.82) is 0 Å². The molecule has 0 saturated heterocycles. The molecule has 0 radical (unpaired) electrons. The third-order valence-electron chi connectivity index (χ3n) is 21.3. The van der Waals surface area contributed by atoms with E-state index < -0.39 is 28.0 Å². The Balaban J connectivity index is 0.000000179. The first-order valence-corrected chi connectivity index (χ1v) is 34.2. The van der Waals surface area contributed by atoms with Crippen molar-refractivity contribution in [2.45, 2.75) is 263 Å². The molecule has 90 heavy (non-hydrogen) atoms. The lowest BCUT2D eigenvalue weighted by atomic mass is 9.53. The van der Waals surface area contributed by atoms with Crippen molar-refractivity contribution in [3.63, 3.8) is 0 Å². The van der Waals surface area contributed by atoms with Crippen LogP contribution in [0.5, 0.6) is 0 Å². The molecule has 10 rings (SSSR count). The Labute approximate surface area is 543 Å². The molecule has 15 nitrogen and oxygen atoms in total. The predicted molar refractivity (Wildman–Crippen MR) is 360 cm³/mol. The molecule has 15 heteroatoms. The van der Waals surface area contributed by atoms with E-state index in [-0.39, 0.29) is 56.9 Å². The number of hydrogen-bond donors (Lipinski definition) is 5. The summed E-state index contributed by atoms with van der Waals surface area (Å²) >= 11 is 0.